The minimum Gasteiger partial charge on any atom is -0.479 e. The number of aliphatic hydroxyl groups excluding tert-OH is 8. The van der Waals surface area contributed by atoms with E-state index >= 15 is 0 Å². The number of hydrogen-bond donors (Lipinski definition) is 9. The van der Waals surface area contributed by atoms with Gasteiger partial charge in [0.2, 0.25) is 6.29 Å². The molecule has 22 atom stereocenters. The molecule has 8 rings (SSSR count). The van der Waals surface area contributed by atoms with E-state index in [1.54, 1.807) is 0 Å². The Morgan fingerprint density at radius 1 is 0.692 bits per heavy atom. The van der Waals surface area contributed by atoms with Crippen LogP contribution in [0.25, 0.3) is 0 Å². The summed E-state index contributed by atoms with van der Waals surface area (Å²) in [5.74, 6) is -1.73. The Bertz CT molecular complexity index is 1820. The van der Waals surface area contributed by atoms with Gasteiger partial charge >= 0.3 is 11.9 Å². The maximum Gasteiger partial charge on any atom is 0.335 e. The number of fused-ring (bicyclic) bond motifs is 7. The highest BCUT2D eigenvalue weighted by Gasteiger charge is 2.70. The van der Waals surface area contributed by atoms with Crippen molar-refractivity contribution in [2.24, 2.45) is 50.2 Å². The number of rotatable bonds is 9. The number of hydrogen-bond acceptors (Lipinski definition) is 17. The first-order valence-corrected chi connectivity index (χ1v) is 23.6. The average molecular weight is 927 g/mol. The van der Waals surface area contributed by atoms with Gasteiger partial charge in [0.15, 0.2) is 25.0 Å². The number of carboxylic acid groups (broad SMARTS) is 1. The SMILES string of the molecule is CO[C@@H]1O[C@@H](O[C@H]2[C@H](O)[C@@H](O)[C@H](O[C@H]3CC[C@]4(C)[C@H]5CC=C6[C@H]7CC(C)(C)CC[C@]7(C(=O)O[C@@H]7O[C@H](CO)[C@@H](O)[C@H](O)[C@H]7O)CC[C@]6(C)[C@]5(C)CC[C@H]4C3(C)C)O[C@@H]2C(=O)O)[C@H](O)[C@H]1O. The van der Waals surface area contributed by atoms with Crippen molar-refractivity contribution in [1.82, 2.24) is 0 Å². The summed E-state index contributed by atoms with van der Waals surface area (Å²) in [4.78, 5) is 27.2. The lowest BCUT2D eigenvalue weighted by molar-refractivity contribution is -0.344. The van der Waals surface area contributed by atoms with Gasteiger partial charge in [-0.05, 0) is 109 Å². The molecular formula is C47H74O18. The number of aliphatic carboxylic acids is 1. The van der Waals surface area contributed by atoms with Crippen LogP contribution in [0.5, 0.6) is 0 Å². The molecule has 4 saturated carbocycles. The molecule has 0 radical (unpaired) electrons. The zero-order valence-electron chi connectivity index (χ0n) is 38.9. The Hall–Kier alpha value is -1.88. The Labute approximate surface area is 380 Å². The maximum absolute atomic E-state index is 14.6. The molecule has 18 heteroatoms. The third-order valence-electron chi connectivity index (χ3n) is 18.8. The molecule has 5 aliphatic carbocycles. The second-order valence-electron chi connectivity index (χ2n) is 22.9. The van der Waals surface area contributed by atoms with E-state index in [9.17, 15) is 55.5 Å². The van der Waals surface area contributed by atoms with E-state index in [0.717, 1.165) is 44.9 Å². The monoisotopic (exact) mass is 926 g/mol. The topological polar surface area (TPSA) is 281 Å². The fraction of sp³-hybridized carbons (Fsp3) is 0.915. The molecule has 0 aromatic carbocycles. The van der Waals surface area contributed by atoms with Crippen LogP contribution in [-0.4, -0.2) is 164 Å². The van der Waals surface area contributed by atoms with Gasteiger partial charge in [-0.25, -0.2) is 4.79 Å². The van der Waals surface area contributed by atoms with Crippen LogP contribution in [0, 0.1) is 50.2 Å². The molecule has 0 unspecified atom stereocenters. The van der Waals surface area contributed by atoms with Crippen molar-refractivity contribution in [3.63, 3.8) is 0 Å². The van der Waals surface area contributed by atoms with Crippen molar-refractivity contribution in [2.75, 3.05) is 13.7 Å². The number of carbonyl (C=O) groups excluding carboxylic acids is 1. The number of ether oxygens (including phenoxy) is 7. The van der Waals surface area contributed by atoms with Crippen LogP contribution in [0.2, 0.25) is 0 Å². The van der Waals surface area contributed by atoms with Crippen molar-refractivity contribution in [1.29, 1.82) is 0 Å². The molecule has 370 valence electrons. The first-order chi connectivity index (χ1) is 30.3. The number of aliphatic hydroxyl groups is 8. The van der Waals surface area contributed by atoms with Crippen molar-refractivity contribution in [3.05, 3.63) is 11.6 Å². The number of esters is 1. The molecule has 3 heterocycles. The van der Waals surface area contributed by atoms with E-state index in [-0.39, 0.29) is 39.4 Å². The van der Waals surface area contributed by atoms with Crippen molar-refractivity contribution < 1.29 is 88.7 Å². The average Bonchev–Trinajstić information content (AvgIpc) is 3.52. The predicted octanol–water partition coefficient (Wildman–Crippen LogP) is 1.48. The van der Waals surface area contributed by atoms with Gasteiger partial charge in [0.25, 0.3) is 0 Å². The molecule has 9 N–H and O–H groups in total. The summed E-state index contributed by atoms with van der Waals surface area (Å²) in [6.45, 7) is 15.3. The maximum atomic E-state index is 14.6. The lowest BCUT2D eigenvalue weighted by atomic mass is 9.33. The lowest BCUT2D eigenvalue weighted by Gasteiger charge is -2.71. The van der Waals surface area contributed by atoms with E-state index in [1.807, 2.05) is 0 Å². The molecule has 0 spiro atoms. The van der Waals surface area contributed by atoms with E-state index in [2.05, 4.69) is 54.5 Å². The second kappa shape index (κ2) is 17.2. The van der Waals surface area contributed by atoms with Gasteiger partial charge in [0.05, 0.1) is 18.1 Å². The Balaban J connectivity index is 1.01. The van der Waals surface area contributed by atoms with E-state index in [4.69, 9.17) is 33.2 Å². The molecular weight excluding hydrogens is 852 g/mol. The fourth-order valence-corrected chi connectivity index (χ4v) is 14.8. The first-order valence-electron chi connectivity index (χ1n) is 23.6. The Morgan fingerprint density at radius 3 is 1.97 bits per heavy atom. The second-order valence-corrected chi connectivity index (χ2v) is 22.9. The summed E-state index contributed by atoms with van der Waals surface area (Å²) in [6.07, 6.45) is -13.0. The van der Waals surface area contributed by atoms with E-state index in [1.165, 1.54) is 12.7 Å². The van der Waals surface area contributed by atoms with Gasteiger partial charge in [0.1, 0.15) is 54.9 Å². The molecule has 18 nitrogen and oxygen atoms in total. The molecule has 8 aliphatic rings. The minimum atomic E-state index is -1.82. The lowest BCUT2D eigenvalue weighted by Crippen LogP contribution is -2.66. The fourth-order valence-electron chi connectivity index (χ4n) is 14.8. The third kappa shape index (κ3) is 7.67. The standard InChI is InChI=1S/C47H74O18/c1-42(2)15-17-47(41(58)65-38-30(52)28(50)27(49)23(20-48)60-38)18-16-45(6)21(22(47)19-42)9-10-25-44(5)13-12-26(43(3,4)24(44)11-14-46(25,45)7)61-39-31(53)29(51)34(35(63-39)36(56)57)62-40-33(55)32(54)37(59-8)64-40/h9,22-35,37-40,48-55H,10-20H2,1-8H3,(H,56,57)/t22-,23-,24+,25-,26+,27-,28+,29-,30-,31-,32-,33-,34+,35+,37-,38+,39-,40-,44+,45+,46-,47+/m1/s1. The van der Waals surface area contributed by atoms with Crippen LogP contribution >= 0.6 is 0 Å². The molecule has 3 aliphatic heterocycles. The minimum absolute atomic E-state index is 0.0608. The van der Waals surface area contributed by atoms with Crippen LogP contribution in [0.3, 0.4) is 0 Å². The van der Waals surface area contributed by atoms with Gasteiger partial charge in [0, 0.05) is 7.11 Å². The third-order valence-corrected chi connectivity index (χ3v) is 18.8. The molecule has 0 aromatic heterocycles. The van der Waals surface area contributed by atoms with Gasteiger partial charge in [-0.3, -0.25) is 4.79 Å². The highest BCUT2D eigenvalue weighted by Crippen LogP contribution is 2.76. The zero-order valence-corrected chi connectivity index (χ0v) is 38.9. The van der Waals surface area contributed by atoms with Crippen molar-refractivity contribution >= 4 is 11.9 Å². The number of carbonyl (C=O) groups is 2. The van der Waals surface area contributed by atoms with Crippen LogP contribution in [0.1, 0.15) is 113 Å². The van der Waals surface area contributed by atoms with Gasteiger partial charge in [-0.15, -0.1) is 0 Å². The van der Waals surface area contributed by atoms with E-state index < -0.39 is 122 Å². The Morgan fingerprint density at radius 2 is 1.32 bits per heavy atom. The summed E-state index contributed by atoms with van der Waals surface area (Å²) in [6, 6.07) is 0. The van der Waals surface area contributed by atoms with Crippen molar-refractivity contribution in [2.45, 2.75) is 205 Å². The number of methoxy groups -OCH3 is 1. The highest BCUT2D eigenvalue weighted by molar-refractivity contribution is 5.79. The number of allylic oxidation sites excluding steroid dienone is 2. The summed E-state index contributed by atoms with van der Waals surface area (Å²) in [5, 5.41) is 95.1. The quantitative estimate of drug-likeness (QED) is 0.0900. The largest absolute Gasteiger partial charge is 0.479 e. The summed E-state index contributed by atoms with van der Waals surface area (Å²) >= 11 is 0. The summed E-state index contributed by atoms with van der Waals surface area (Å²) in [7, 11) is 1.25. The van der Waals surface area contributed by atoms with Gasteiger partial charge in [-0.1, -0.05) is 60.1 Å². The van der Waals surface area contributed by atoms with Crippen LogP contribution < -0.4 is 0 Å². The van der Waals surface area contributed by atoms with Gasteiger partial charge in [-0.2, -0.15) is 0 Å². The molecule has 0 bridgehead atoms. The summed E-state index contributed by atoms with van der Waals surface area (Å²) < 4.78 is 40.1. The first kappa shape index (κ1) is 49.5. The molecule has 3 saturated heterocycles. The predicted molar refractivity (Wildman–Crippen MR) is 225 cm³/mol. The molecule has 0 aromatic rings. The number of carboxylic acids is 1. The summed E-state index contributed by atoms with van der Waals surface area (Å²) in [5.41, 5.74) is -0.758. The van der Waals surface area contributed by atoms with Crippen molar-refractivity contribution in [3.8, 4) is 0 Å². The Kier molecular flexibility index (Phi) is 13.1. The van der Waals surface area contributed by atoms with Crippen LogP contribution in [-0.2, 0) is 42.7 Å². The molecule has 65 heavy (non-hydrogen) atoms. The molecule has 7 fully saturated rings. The zero-order chi connectivity index (χ0) is 47.6. The van der Waals surface area contributed by atoms with Crippen LogP contribution in [0.15, 0.2) is 11.6 Å². The highest BCUT2D eigenvalue weighted by atomic mass is 16.8. The smallest absolute Gasteiger partial charge is 0.335 e. The normalized spacial score (nSPS) is 52.5. The van der Waals surface area contributed by atoms with Crippen LogP contribution in [0.4, 0.5) is 0 Å². The van der Waals surface area contributed by atoms with E-state index in [0.29, 0.717) is 19.3 Å². The molecule has 0 amide bonds. The van der Waals surface area contributed by atoms with Gasteiger partial charge < -0.3 is 79.1 Å².